The Bertz CT molecular complexity index is 811. The highest BCUT2D eigenvalue weighted by atomic mass is 32.3. The van der Waals surface area contributed by atoms with Gasteiger partial charge < -0.3 is 0 Å². The standard InChI is InChI=1S/C16H12N4S8/c17-3-1-5-23-13-14(24-6-2-4-18)28-16(27-13)15-25-11(7-19-9-21)12(26-15)8-20-10-22/h1-2,5-8H2. The van der Waals surface area contributed by atoms with Crippen LogP contribution in [0.1, 0.15) is 12.8 Å². The van der Waals surface area contributed by atoms with Gasteiger partial charge in [0.05, 0.1) is 52.5 Å². The molecule has 0 saturated heterocycles. The van der Waals surface area contributed by atoms with E-state index in [2.05, 4.69) is 32.4 Å². The van der Waals surface area contributed by atoms with Gasteiger partial charge in [0.25, 0.3) is 0 Å². The van der Waals surface area contributed by atoms with Crippen LogP contribution in [0, 0.1) is 22.7 Å². The molecule has 144 valence electrons. The van der Waals surface area contributed by atoms with Crippen molar-refractivity contribution in [2.75, 3.05) is 24.6 Å². The van der Waals surface area contributed by atoms with Crippen LogP contribution in [0.2, 0.25) is 0 Å². The van der Waals surface area contributed by atoms with Crippen molar-refractivity contribution in [3.8, 4) is 12.1 Å². The molecule has 0 aromatic rings. The first-order chi connectivity index (χ1) is 13.7. The van der Waals surface area contributed by atoms with E-state index in [-0.39, 0.29) is 0 Å². The Hall–Kier alpha value is -0.100. The maximum atomic E-state index is 8.81. The summed E-state index contributed by atoms with van der Waals surface area (Å²) in [4.78, 5) is 10.4. The fourth-order valence-electron chi connectivity index (χ4n) is 1.80. The van der Waals surface area contributed by atoms with Crippen LogP contribution in [0.5, 0.6) is 0 Å². The number of nitriles is 2. The Morgan fingerprint density at radius 1 is 0.750 bits per heavy atom. The zero-order valence-electron chi connectivity index (χ0n) is 14.3. The first kappa shape index (κ1) is 24.2. The fourth-order valence-corrected chi connectivity index (χ4v) is 10.5. The summed E-state index contributed by atoms with van der Waals surface area (Å²) in [5.41, 5.74) is 0. The smallest absolute Gasteiger partial charge is 0.0814 e. The van der Waals surface area contributed by atoms with Crippen LogP contribution in [0.25, 0.3) is 0 Å². The highest BCUT2D eigenvalue weighted by molar-refractivity contribution is 8.42. The average molecular weight is 517 g/mol. The van der Waals surface area contributed by atoms with Crippen molar-refractivity contribution in [1.82, 2.24) is 0 Å². The van der Waals surface area contributed by atoms with Crippen molar-refractivity contribution in [1.29, 1.82) is 10.5 Å². The Kier molecular flexibility index (Phi) is 12.1. The molecule has 0 fully saturated rings. The summed E-state index contributed by atoms with van der Waals surface area (Å²) in [6.45, 7) is 0.993. The van der Waals surface area contributed by atoms with Gasteiger partial charge in [-0.3, -0.25) is 0 Å². The second-order valence-electron chi connectivity index (χ2n) is 4.73. The normalized spacial score (nSPS) is 15.9. The highest BCUT2D eigenvalue weighted by Crippen LogP contribution is 2.63. The van der Waals surface area contributed by atoms with Gasteiger partial charge >= 0.3 is 0 Å². The van der Waals surface area contributed by atoms with Gasteiger partial charge in [0.1, 0.15) is 0 Å². The summed E-state index contributed by atoms with van der Waals surface area (Å²) in [5.74, 6) is 1.54. The van der Waals surface area contributed by atoms with E-state index < -0.39 is 0 Å². The van der Waals surface area contributed by atoms with Gasteiger partial charge in [-0.15, -0.1) is 23.5 Å². The molecule has 4 nitrogen and oxygen atoms in total. The predicted molar refractivity (Wildman–Crippen MR) is 137 cm³/mol. The third-order valence-corrected chi connectivity index (χ3v) is 11.9. The minimum Gasteiger partial charge on any atom is -0.227 e. The van der Waals surface area contributed by atoms with Crippen molar-refractivity contribution < 1.29 is 0 Å². The van der Waals surface area contributed by atoms with Crippen molar-refractivity contribution >= 4 is 105 Å². The molecular formula is C16H12N4S8. The molecule has 0 atom stereocenters. The molecule has 0 N–H and O–H groups in total. The van der Waals surface area contributed by atoms with Crippen LogP contribution in [0.3, 0.4) is 0 Å². The van der Waals surface area contributed by atoms with E-state index >= 15 is 0 Å². The monoisotopic (exact) mass is 516 g/mol. The van der Waals surface area contributed by atoms with Gasteiger partial charge in [0, 0.05) is 34.2 Å². The zero-order valence-corrected chi connectivity index (χ0v) is 20.8. The number of isothiocyanates is 2. The maximum absolute atomic E-state index is 8.81. The number of rotatable bonds is 10. The molecule has 0 bridgehead atoms. The van der Waals surface area contributed by atoms with E-state index in [1.54, 1.807) is 70.6 Å². The van der Waals surface area contributed by atoms with Gasteiger partial charge in [0.15, 0.2) is 0 Å². The van der Waals surface area contributed by atoms with Crippen molar-refractivity contribution in [2.24, 2.45) is 9.98 Å². The number of hydrogen-bond acceptors (Lipinski definition) is 12. The third kappa shape index (κ3) is 7.62. The number of hydrogen-bond donors (Lipinski definition) is 0. The molecule has 2 aliphatic heterocycles. The molecule has 0 amide bonds. The molecule has 2 aliphatic rings. The quantitative estimate of drug-likeness (QED) is 0.174. The molecule has 0 saturated carbocycles. The van der Waals surface area contributed by atoms with Crippen LogP contribution >= 0.6 is 95.0 Å². The Morgan fingerprint density at radius 3 is 1.57 bits per heavy atom. The number of aliphatic imine (C=N–C) groups is 2. The van der Waals surface area contributed by atoms with Crippen LogP contribution in [0.15, 0.2) is 36.7 Å². The summed E-state index contributed by atoms with van der Waals surface area (Å²) < 4.78 is 4.86. The van der Waals surface area contributed by atoms with Gasteiger partial charge in [-0.05, 0) is 24.4 Å². The van der Waals surface area contributed by atoms with E-state index in [4.69, 9.17) is 35.0 Å². The van der Waals surface area contributed by atoms with Crippen LogP contribution < -0.4 is 0 Å². The van der Waals surface area contributed by atoms with Crippen LogP contribution in [-0.2, 0) is 0 Å². The number of thiocarbonyl (C=S) groups is 2. The molecule has 28 heavy (non-hydrogen) atoms. The summed E-state index contributed by atoms with van der Waals surface area (Å²) in [5, 5.41) is 22.4. The van der Waals surface area contributed by atoms with E-state index in [1.807, 2.05) is 0 Å². The largest absolute Gasteiger partial charge is 0.227 e. The summed E-state index contributed by atoms with van der Waals surface area (Å²) >= 11 is 19.7. The number of nitrogens with zero attached hydrogens (tertiary/aromatic N) is 4. The van der Waals surface area contributed by atoms with Crippen LogP contribution in [0.4, 0.5) is 0 Å². The van der Waals surface area contributed by atoms with Gasteiger partial charge in [-0.25, -0.2) is 9.98 Å². The van der Waals surface area contributed by atoms with E-state index in [1.165, 1.54) is 16.9 Å². The molecule has 12 heteroatoms. The Labute approximate surface area is 200 Å². The first-order valence-electron chi connectivity index (χ1n) is 7.72. The second kappa shape index (κ2) is 14.0. The van der Waals surface area contributed by atoms with Crippen LogP contribution in [-0.4, -0.2) is 34.9 Å². The first-order valence-corrected chi connectivity index (χ1v) is 13.8. The minimum absolute atomic E-state index is 0.497. The van der Waals surface area contributed by atoms with Gasteiger partial charge in [-0.2, -0.15) is 10.5 Å². The molecular weight excluding hydrogens is 505 g/mol. The highest BCUT2D eigenvalue weighted by Gasteiger charge is 2.30. The number of thioether (sulfide) groups is 6. The molecule has 2 rings (SSSR count). The lowest BCUT2D eigenvalue weighted by atomic mass is 10.5. The molecule has 0 aromatic carbocycles. The Balaban J connectivity index is 2.15. The molecule has 0 aromatic heterocycles. The van der Waals surface area contributed by atoms with E-state index in [9.17, 15) is 0 Å². The zero-order chi connectivity index (χ0) is 20.2. The van der Waals surface area contributed by atoms with E-state index in [0.717, 1.165) is 21.3 Å². The van der Waals surface area contributed by atoms with E-state index in [0.29, 0.717) is 25.9 Å². The lowest BCUT2D eigenvalue weighted by Gasteiger charge is -2.02. The van der Waals surface area contributed by atoms with Gasteiger partial charge in [0.2, 0.25) is 0 Å². The van der Waals surface area contributed by atoms with Crippen molar-refractivity contribution in [3.63, 3.8) is 0 Å². The molecule has 0 unspecified atom stereocenters. The molecule has 0 radical (unpaired) electrons. The molecule has 2 heterocycles. The predicted octanol–water partition coefficient (Wildman–Crippen LogP) is 6.91. The van der Waals surface area contributed by atoms with Crippen molar-refractivity contribution in [3.05, 3.63) is 26.8 Å². The molecule has 0 aliphatic carbocycles. The summed E-state index contributed by atoms with van der Waals surface area (Å²) in [6.07, 6.45) is 1.04. The SMILES string of the molecule is N#CCCSC1=C(SCCC#N)SC(=C2SC(CN=C=S)=C(CN=C=S)S2)S1. The summed E-state index contributed by atoms with van der Waals surface area (Å²) in [7, 11) is 0. The third-order valence-electron chi connectivity index (χ3n) is 2.92. The maximum Gasteiger partial charge on any atom is 0.0814 e. The summed E-state index contributed by atoms with van der Waals surface area (Å²) in [6, 6.07) is 4.38. The molecule has 0 spiro atoms. The Morgan fingerprint density at radius 2 is 1.18 bits per heavy atom. The lowest BCUT2D eigenvalue weighted by molar-refractivity contribution is 1.18. The topological polar surface area (TPSA) is 72.3 Å². The lowest BCUT2D eigenvalue weighted by Crippen LogP contribution is -1.87. The second-order valence-corrected chi connectivity index (χ2v) is 12.6. The fraction of sp³-hybridized carbons (Fsp3) is 0.375. The minimum atomic E-state index is 0.497. The van der Waals surface area contributed by atoms with Gasteiger partial charge in [-0.1, -0.05) is 47.0 Å². The average Bonchev–Trinajstić information content (AvgIpc) is 3.29. The van der Waals surface area contributed by atoms with Crippen molar-refractivity contribution in [2.45, 2.75) is 12.8 Å².